The van der Waals surface area contributed by atoms with Crippen LogP contribution in [0.25, 0.3) is 0 Å². The van der Waals surface area contributed by atoms with Crippen LogP contribution in [0.1, 0.15) is 16.7 Å². The van der Waals surface area contributed by atoms with Gasteiger partial charge in [-0.25, -0.2) is 4.98 Å². The van der Waals surface area contributed by atoms with E-state index in [0.717, 1.165) is 16.7 Å². The highest BCUT2D eigenvalue weighted by Gasteiger charge is 2.25. The van der Waals surface area contributed by atoms with Crippen molar-refractivity contribution in [3.63, 3.8) is 0 Å². The molecule has 0 radical (unpaired) electrons. The summed E-state index contributed by atoms with van der Waals surface area (Å²) >= 11 is 0. The molecule has 0 atom stereocenters. The van der Waals surface area contributed by atoms with Gasteiger partial charge in [0.15, 0.2) is 0 Å². The minimum Gasteiger partial charge on any atom is -0.434 e. The van der Waals surface area contributed by atoms with Gasteiger partial charge in [-0.3, -0.25) is 10.1 Å². The Morgan fingerprint density at radius 2 is 1.85 bits per heavy atom. The average Bonchev–Trinajstić information content (AvgIpc) is 2.58. The van der Waals surface area contributed by atoms with Crippen LogP contribution in [0.3, 0.4) is 0 Å². The van der Waals surface area contributed by atoms with Crippen LogP contribution in [-0.4, -0.2) is 14.9 Å². The summed E-state index contributed by atoms with van der Waals surface area (Å²) in [4.78, 5) is 19.0. The second-order valence-corrected chi connectivity index (χ2v) is 5.98. The molecule has 3 rings (SSSR count). The van der Waals surface area contributed by atoms with E-state index < -0.39 is 4.92 Å². The molecule has 1 aromatic heterocycles. The van der Waals surface area contributed by atoms with E-state index in [1.165, 1.54) is 6.33 Å². The third-order valence-corrected chi connectivity index (χ3v) is 3.94. The van der Waals surface area contributed by atoms with Gasteiger partial charge in [0.25, 0.3) is 0 Å². The summed E-state index contributed by atoms with van der Waals surface area (Å²) in [5.74, 6) is 0.453. The molecule has 0 amide bonds. The molecule has 0 spiro atoms. The monoisotopic (exact) mass is 350 g/mol. The first kappa shape index (κ1) is 17.3. The van der Waals surface area contributed by atoms with E-state index in [1.807, 2.05) is 57.2 Å². The number of nitrogens with zero attached hydrogens (tertiary/aromatic N) is 3. The van der Waals surface area contributed by atoms with Crippen LogP contribution in [0.4, 0.5) is 17.2 Å². The highest BCUT2D eigenvalue weighted by Crippen LogP contribution is 2.35. The normalized spacial score (nSPS) is 10.4. The predicted octanol–water partition coefficient (Wildman–Crippen LogP) is 4.85. The molecule has 0 fully saturated rings. The molecule has 26 heavy (non-hydrogen) atoms. The molecule has 0 aliphatic rings. The molecule has 0 aliphatic carbocycles. The zero-order valence-electron chi connectivity index (χ0n) is 14.7. The molecule has 7 heteroatoms. The van der Waals surface area contributed by atoms with Gasteiger partial charge in [-0.15, -0.1) is 0 Å². The van der Waals surface area contributed by atoms with Gasteiger partial charge in [0.2, 0.25) is 5.82 Å². The predicted molar refractivity (Wildman–Crippen MR) is 99.1 cm³/mol. The van der Waals surface area contributed by atoms with Crippen molar-refractivity contribution in [2.24, 2.45) is 0 Å². The van der Waals surface area contributed by atoms with Gasteiger partial charge in [-0.2, -0.15) is 4.98 Å². The van der Waals surface area contributed by atoms with Crippen LogP contribution in [-0.2, 0) is 0 Å². The minimum atomic E-state index is -0.547. The fourth-order valence-electron chi connectivity index (χ4n) is 2.44. The summed E-state index contributed by atoms with van der Waals surface area (Å²) in [5.41, 5.74) is 3.54. The Balaban J connectivity index is 1.98. The molecule has 0 saturated carbocycles. The summed E-state index contributed by atoms with van der Waals surface area (Å²) < 4.78 is 5.68. The number of hydrogen-bond acceptors (Lipinski definition) is 6. The van der Waals surface area contributed by atoms with Crippen LogP contribution in [0.15, 0.2) is 48.8 Å². The third kappa shape index (κ3) is 3.77. The minimum absolute atomic E-state index is 0.0782. The number of aryl methyl sites for hydroxylation is 3. The Morgan fingerprint density at radius 1 is 1.04 bits per heavy atom. The lowest BCUT2D eigenvalue weighted by Gasteiger charge is -2.10. The van der Waals surface area contributed by atoms with Crippen LogP contribution in [0.5, 0.6) is 11.6 Å². The maximum absolute atomic E-state index is 11.6. The van der Waals surface area contributed by atoms with Gasteiger partial charge in [0.1, 0.15) is 12.1 Å². The standard InChI is InChI=1S/C19H18N4O3/c1-12-5-4-6-15(9-12)22-18-17(23(24)25)19(21-11-20-18)26-16-8-7-13(2)14(3)10-16/h4-11H,1-3H3,(H,20,21,22). The van der Waals surface area contributed by atoms with Gasteiger partial charge in [-0.05, 0) is 61.7 Å². The lowest BCUT2D eigenvalue weighted by atomic mass is 10.1. The summed E-state index contributed by atoms with van der Waals surface area (Å²) in [5, 5.41) is 14.6. The molecule has 0 unspecified atom stereocenters. The topological polar surface area (TPSA) is 90.2 Å². The summed E-state index contributed by atoms with van der Waals surface area (Å²) in [6, 6.07) is 12.9. The van der Waals surface area contributed by atoms with E-state index in [2.05, 4.69) is 15.3 Å². The second-order valence-electron chi connectivity index (χ2n) is 5.98. The number of aromatic nitrogens is 2. The molecular weight excluding hydrogens is 332 g/mol. The SMILES string of the molecule is Cc1cccc(Nc2ncnc(Oc3ccc(C)c(C)c3)c2[N+](=O)[O-])c1. The Labute approximate surface area is 150 Å². The van der Waals surface area contributed by atoms with E-state index in [4.69, 9.17) is 4.74 Å². The highest BCUT2D eigenvalue weighted by atomic mass is 16.6. The van der Waals surface area contributed by atoms with E-state index in [9.17, 15) is 10.1 Å². The van der Waals surface area contributed by atoms with Gasteiger partial charge in [-0.1, -0.05) is 18.2 Å². The van der Waals surface area contributed by atoms with Crippen molar-refractivity contribution in [1.82, 2.24) is 9.97 Å². The summed E-state index contributed by atoms with van der Waals surface area (Å²) in [6.45, 7) is 5.87. The van der Waals surface area contributed by atoms with Crippen molar-refractivity contribution in [3.8, 4) is 11.6 Å². The molecule has 3 aromatic rings. The van der Waals surface area contributed by atoms with Crippen molar-refractivity contribution < 1.29 is 9.66 Å². The smallest absolute Gasteiger partial charge is 0.373 e. The van der Waals surface area contributed by atoms with E-state index in [-0.39, 0.29) is 17.4 Å². The second kappa shape index (κ2) is 7.18. The Morgan fingerprint density at radius 3 is 2.54 bits per heavy atom. The molecule has 132 valence electrons. The van der Waals surface area contributed by atoms with Crippen LogP contribution in [0.2, 0.25) is 0 Å². The van der Waals surface area contributed by atoms with Crippen molar-refractivity contribution in [2.75, 3.05) is 5.32 Å². The van der Waals surface area contributed by atoms with Gasteiger partial charge in [0, 0.05) is 5.69 Å². The van der Waals surface area contributed by atoms with Gasteiger partial charge < -0.3 is 10.1 Å². The molecule has 0 aliphatic heterocycles. The molecule has 1 N–H and O–H groups in total. The fraction of sp³-hybridized carbons (Fsp3) is 0.158. The third-order valence-electron chi connectivity index (χ3n) is 3.94. The largest absolute Gasteiger partial charge is 0.434 e. The number of ether oxygens (including phenoxy) is 1. The first-order valence-corrected chi connectivity index (χ1v) is 8.02. The maximum Gasteiger partial charge on any atom is 0.373 e. The summed E-state index contributed by atoms with van der Waals surface area (Å²) in [7, 11) is 0. The molecule has 7 nitrogen and oxygen atoms in total. The Bertz CT molecular complexity index is 973. The average molecular weight is 350 g/mol. The van der Waals surface area contributed by atoms with Crippen LogP contribution in [0, 0.1) is 30.9 Å². The van der Waals surface area contributed by atoms with E-state index >= 15 is 0 Å². The maximum atomic E-state index is 11.6. The Kier molecular flexibility index (Phi) is 4.79. The Hall–Kier alpha value is -3.48. The van der Waals surface area contributed by atoms with Gasteiger partial charge in [0.05, 0.1) is 4.92 Å². The molecule has 1 heterocycles. The lowest BCUT2D eigenvalue weighted by molar-refractivity contribution is -0.385. The first-order chi connectivity index (χ1) is 12.4. The van der Waals surface area contributed by atoms with Crippen molar-refractivity contribution in [2.45, 2.75) is 20.8 Å². The zero-order valence-corrected chi connectivity index (χ0v) is 14.7. The molecule has 0 saturated heterocycles. The first-order valence-electron chi connectivity index (χ1n) is 8.02. The van der Waals surface area contributed by atoms with Crippen molar-refractivity contribution in [1.29, 1.82) is 0 Å². The zero-order chi connectivity index (χ0) is 18.7. The van der Waals surface area contributed by atoms with Gasteiger partial charge >= 0.3 is 11.6 Å². The highest BCUT2D eigenvalue weighted by molar-refractivity contribution is 5.69. The number of hydrogen-bond donors (Lipinski definition) is 1. The quantitative estimate of drug-likeness (QED) is 0.523. The lowest BCUT2D eigenvalue weighted by Crippen LogP contribution is -2.03. The molecular formula is C19H18N4O3. The number of anilines is 2. The molecule has 0 bridgehead atoms. The van der Waals surface area contributed by atoms with Crippen molar-refractivity contribution in [3.05, 3.63) is 75.6 Å². The van der Waals surface area contributed by atoms with E-state index in [1.54, 1.807) is 6.07 Å². The molecule has 2 aromatic carbocycles. The van der Waals surface area contributed by atoms with E-state index in [0.29, 0.717) is 11.4 Å². The van der Waals surface area contributed by atoms with Crippen LogP contribution < -0.4 is 10.1 Å². The van der Waals surface area contributed by atoms with Crippen molar-refractivity contribution >= 4 is 17.2 Å². The number of benzene rings is 2. The fourth-order valence-corrected chi connectivity index (χ4v) is 2.44. The number of rotatable bonds is 5. The van der Waals surface area contributed by atoms with Crippen LogP contribution >= 0.6 is 0 Å². The number of nitro groups is 1. The summed E-state index contributed by atoms with van der Waals surface area (Å²) in [6.07, 6.45) is 1.24. The number of nitrogens with one attached hydrogen (secondary N) is 1.